The summed E-state index contributed by atoms with van der Waals surface area (Å²) in [6, 6.07) is 28.9. The predicted octanol–water partition coefficient (Wildman–Crippen LogP) is 5.08. The summed E-state index contributed by atoms with van der Waals surface area (Å²) in [5.41, 5.74) is 9.53. The number of H-pyrrole nitrogens is 1. The smallest absolute Gasteiger partial charge is 0.357 e. The second-order valence-corrected chi connectivity index (χ2v) is 6.38. The maximum atomic E-state index is 4.85. The SMILES string of the molecule is C(#[N+]Nc1cc(-c2ccccc2)nc2ccc3nc[nH]c3c12)c1ccccc1.Cl.O. The fourth-order valence-electron chi connectivity index (χ4n) is 3.25. The predicted molar refractivity (Wildman–Crippen MR) is 124 cm³/mol. The van der Waals surface area contributed by atoms with Gasteiger partial charge in [0.1, 0.15) is 11.3 Å². The van der Waals surface area contributed by atoms with E-state index in [1.54, 1.807) is 6.33 Å². The standard InChI is InChI=1S/C23H16N5.ClH.H2O/c1-3-7-16(8-4-1)14-26-28-21-13-20(17-9-5-2-6-10-17)27-18-11-12-19-23(22(18)21)25-15-24-19;;/h1-13,15H,(H,24,25)(H,27,28);1H;1H2/q+1;;. The van der Waals surface area contributed by atoms with Gasteiger partial charge in [-0.15, -0.1) is 12.4 Å². The van der Waals surface area contributed by atoms with Crippen LogP contribution in [0.25, 0.3) is 38.1 Å². The second kappa shape index (κ2) is 9.05. The third kappa shape index (κ3) is 3.94. The van der Waals surface area contributed by atoms with Crippen LogP contribution in [-0.2, 0) is 0 Å². The van der Waals surface area contributed by atoms with Gasteiger partial charge in [-0.05, 0) is 35.8 Å². The van der Waals surface area contributed by atoms with Gasteiger partial charge in [0.15, 0.2) is 0 Å². The van der Waals surface area contributed by atoms with Crippen LogP contribution in [-0.4, -0.2) is 20.4 Å². The van der Waals surface area contributed by atoms with Crippen LogP contribution in [0.15, 0.2) is 85.2 Å². The topological polar surface area (TPSA) is 89.5 Å². The minimum absolute atomic E-state index is 0. The summed E-state index contributed by atoms with van der Waals surface area (Å²) in [6.45, 7) is 0. The molecule has 7 heteroatoms. The van der Waals surface area contributed by atoms with Crippen molar-refractivity contribution in [3.8, 4) is 17.3 Å². The summed E-state index contributed by atoms with van der Waals surface area (Å²) in [6.07, 6.45) is 1.69. The zero-order valence-electron chi connectivity index (χ0n) is 15.8. The number of fused-ring (bicyclic) bond motifs is 3. The van der Waals surface area contributed by atoms with Crippen LogP contribution in [0.2, 0.25) is 0 Å². The molecule has 0 radical (unpaired) electrons. The number of rotatable bonds is 2. The molecule has 0 aliphatic carbocycles. The molecule has 6 nitrogen and oxygen atoms in total. The average Bonchev–Trinajstić information content (AvgIpc) is 3.24. The summed E-state index contributed by atoms with van der Waals surface area (Å²) in [7, 11) is 0. The van der Waals surface area contributed by atoms with Crippen molar-refractivity contribution in [2.24, 2.45) is 0 Å². The lowest BCUT2D eigenvalue weighted by Crippen LogP contribution is -1.93. The van der Waals surface area contributed by atoms with Crippen molar-refractivity contribution in [2.45, 2.75) is 0 Å². The van der Waals surface area contributed by atoms with E-state index in [-0.39, 0.29) is 17.9 Å². The molecular weight excluding hydrogens is 398 g/mol. The fourth-order valence-corrected chi connectivity index (χ4v) is 3.25. The summed E-state index contributed by atoms with van der Waals surface area (Å²) in [5.74, 6) is 0. The molecule has 0 fully saturated rings. The Morgan fingerprint density at radius 1 is 0.867 bits per heavy atom. The Morgan fingerprint density at radius 2 is 1.57 bits per heavy atom. The molecule has 0 unspecified atom stereocenters. The number of aromatic nitrogens is 3. The van der Waals surface area contributed by atoms with Crippen LogP contribution in [0, 0.1) is 6.07 Å². The number of aromatic amines is 1. The molecule has 0 amide bonds. The monoisotopic (exact) mass is 416 g/mol. The molecule has 0 saturated heterocycles. The third-order valence-electron chi connectivity index (χ3n) is 4.57. The molecule has 4 N–H and O–H groups in total. The number of nitrogens with one attached hydrogen (secondary N) is 2. The molecule has 5 aromatic rings. The van der Waals surface area contributed by atoms with E-state index in [9.17, 15) is 0 Å². The molecule has 5 rings (SSSR count). The highest BCUT2D eigenvalue weighted by atomic mass is 35.5. The van der Waals surface area contributed by atoms with Gasteiger partial charge in [0, 0.05) is 5.56 Å². The first kappa shape index (κ1) is 20.8. The van der Waals surface area contributed by atoms with Gasteiger partial charge in [0.2, 0.25) is 0 Å². The molecular formula is C23H19ClN5O+. The number of hydrogen-bond donors (Lipinski definition) is 2. The van der Waals surface area contributed by atoms with Crippen LogP contribution in [0.5, 0.6) is 0 Å². The number of anilines is 1. The highest BCUT2D eigenvalue weighted by Gasteiger charge is 2.14. The molecule has 30 heavy (non-hydrogen) atoms. The highest BCUT2D eigenvalue weighted by Crippen LogP contribution is 2.32. The largest absolute Gasteiger partial charge is 0.412 e. The Balaban J connectivity index is 0.00000128. The van der Waals surface area contributed by atoms with Gasteiger partial charge in [0.05, 0.1) is 38.9 Å². The minimum Gasteiger partial charge on any atom is -0.412 e. The Bertz CT molecular complexity index is 1340. The highest BCUT2D eigenvalue weighted by molar-refractivity contribution is 6.10. The molecule has 0 atom stereocenters. The Kier molecular flexibility index (Phi) is 6.28. The molecule has 2 aromatic heterocycles. The van der Waals surface area contributed by atoms with Gasteiger partial charge in [0.25, 0.3) is 0 Å². The molecule has 0 spiro atoms. The van der Waals surface area contributed by atoms with Crippen molar-refractivity contribution in [1.29, 1.82) is 0 Å². The number of imidazole rings is 1. The molecule has 0 saturated carbocycles. The lowest BCUT2D eigenvalue weighted by atomic mass is 10.1. The van der Waals surface area contributed by atoms with Crippen LogP contribution < -0.4 is 5.43 Å². The normalized spacial score (nSPS) is 9.87. The van der Waals surface area contributed by atoms with E-state index in [4.69, 9.17) is 4.98 Å². The molecule has 3 aromatic carbocycles. The molecule has 0 aliphatic heterocycles. The zero-order chi connectivity index (χ0) is 18.8. The quantitative estimate of drug-likeness (QED) is 0.393. The van der Waals surface area contributed by atoms with E-state index in [1.165, 1.54) is 0 Å². The van der Waals surface area contributed by atoms with Crippen LogP contribution in [0.3, 0.4) is 0 Å². The minimum atomic E-state index is 0. The summed E-state index contributed by atoms with van der Waals surface area (Å²) in [5, 5.41) is 0.952. The lowest BCUT2D eigenvalue weighted by molar-refractivity contribution is 0.824. The van der Waals surface area contributed by atoms with Gasteiger partial charge in [-0.1, -0.05) is 48.5 Å². The number of benzene rings is 3. The second-order valence-electron chi connectivity index (χ2n) is 6.38. The number of halogens is 1. The van der Waals surface area contributed by atoms with E-state index in [2.05, 4.69) is 26.4 Å². The molecule has 148 valence electrons. The zero-order valence-corrected chi connectivity index (χ0v) is 16.6. The van der Waals surface area contributed by atoms with Gasteiger partial charge in [-0.2, -0.15) is 0 Å². The summed E-state index contributed by atoms with van der Waals surface area (Å²) >= 11 is 0. The van der Waals surface area contributed by atoms with Crippen molar-refractivity contribution in [3.63, 3.8) is 0 Å². The van der Waals surface area contributed by atoms with Crippen LogP contribution >= 0.6 is 12.4 Å². The van der Waals surface area contributed by atoms with Crippen LogP contribution in [0.4, 0.5) is 5.69 Å². The van der Waals surface area contributed by atoms with Crippen molar-refractivity contribution in [1.82, 2.24) is 15.0 Å². The van der Waals surface area contributed by atoms with Crippen molar-refractivity contribution >= 4 is 40.0 Å². The Labute approximate surface area is 179 Å². The van der Waals surface area contributed by atoms with Gasteiger partial charge >= 0.3 is 6.07 Å². The lowest BCUT2D eigenvalue weighted by Gasteiger charge is -2.07. The van der Waals surface area contributed by atoms with E-state index in [0.717, 1.165) is 44.4 Å². The Morgan fingerprint density at radius 3 is 2.33 bits per heavy atom. The van der Waals surface area contributed by atoms with Crippen molar-refractivity contribution in [2.75, 3.05) is 5.43 Å². The van der Waals surface area contributed by atoms with Gasteiger partial charge in [-0.25, -0.2) is 9.97 Å². The van der Waals surface area contributed by atoms with Crippen molar-refractivity contribution < 1.29 is 5.48 Å². The first-order valence-corrected chi connectivity index (χ1v) is 8.97. The van der Waals surface area contributed by atoms with Gasteiger partial charge < -0.3 is 10.5 Å². The van der Waals surface area contributed by atoms with E-state index in [0.29, 0.717) is 0 Å². The molecule has 0 bridgehead atoms. The average molecular weight is 417 g/mol. The van der Waals surface area contributed by atoms with Gasteiger partial charge in [-0.3, -0.25) is 0 Å². The molecule has 0 aliphatic rings. The van der Waals surface area contributed by atoms with E-state index < -0.39 is 0 Å². The fraction of sp³-hybridized carbons (Fsp3) is 0. The Hall–Kier alpha value is -3.92. The summed E-state index contributed by atoms with van der Waals surface area (Å²) < 4.78 is 0. The van der Waals surface area contributed by atoms with Crippen molar-refractivity contribution in [3.05, 3.63) is 95.7 Å². The first-order chi connectivity index (χ1) is 13.9. The first-order valence-electron chi connectivity index (χ1n) is 8.97. The number of nitrogens with zero attached hydrogens (tertiary/aromatic N) is 3. The number of pyridine rings is 1. The van der Waals surface area contributed by atoms with E-state index in [1.807, 2.05) is 78.9 Å². The maximum Gasteiger partial charge on any atom is 0.357 e. The van der Waals surface area contributed by atoms with E-state index >= 15 is 0 Å². The number of hydrogen-bond acceptors (Lipinski definition) is 3. The molecule has 2 heterocycles. The summed E-state index contributed by atoms with van der Waals surface area (Å²) in [4.78, 5) is 16.8. The van der Waals surface area contributed by atoms with Crippen LogP contribution in [0.1, 0.15) is 5.56 Å². The third-order valence-corrected chi connectivity index (χ3v) is 4.57. The maximum absolute atomic E-state index is 4.85.